The molecule has 2 atom stereocenters. The molecule has 0 bridgehead atoms. The Balaban J connectivity index is 1.63. The summed E-state index contributed by atoms with van der Waals surface area (Å²) in [5.74, 6) is 0.302. The first-order valence-corrected chi connectivity index (χ1v) is 8.28. The number of piperidine rings is 1. The van der Waals surface area contributed by atoms with Gasteiger partial charge < -0.3 is 14.2 Å². The number of aromatic nitrogens is 1. The van der Waals surface area contributed by atoms with Crippen molar-refractivity contribution in [3.05, 3.63) is 24.0 Å². The molecule has 0 unspecified atom stereocenters. The molecule has 0 N–H and O–H groups in total. The number of amides is 1. The van der Waals surface area contributed by atoms with Gasteiger partial charge >= 0.3 is 0 Å². The number of ether oxygens (including phenoxy) is 1. The molecule has 0 aliphatic carbocycles. The number of carbonyl (C=O) groups is 1. The van der Waals surface area contributed by atoms with Crippen LogP contribution in [0, 0.1) is 0 Å². The van der Waals surface area contributed by atoms with Crippen LogP contribution in [0.25, 0.3) is 0 Å². The van der Waals surface area contributed by atoms with Gasteiger partial charge in [0, 0.05) is 38.5 Å². The van der Waals surface area contributed by atoms with E-state index >= 15 is 0 Å². The van der Waals surface area contributed by atoms with E-state index in [1.807, 2.05) is 0 Å². The zero-order valence-electron chi connectivity index (χ0n) is 13.0. The minimum atomic E-state index is 0.260. The van der Waals surface area contributed by atoms with E-state index in [0.29, 0.717) is 18.4 Å². The van der Waals surface area contributed by atoms with Crippen LogP contribution in [-0.2, 0) is 16.6 Å². The molecule has 4 heteroatoms. The molecule has 2 saturated heterocycles. The predicted octanol–water partition coefficient (Wildman–Crippen LogP) is 3.04. The third-order valence-corrected chi connectivity index (χ3v) is 4.85. The second kappa shape index (κ2) is 6.65. The van der Waals surface area contributed by atoms with Crippen LogP contribution in [0.15, 0.2) is 18.3 Å². The maximum absolute atomic E-state index is 12.6. The minimum absolute atomic E-state index is 0.260. The third-order valence-electron chi connectivity index (χ3n) is 4.85. The van der Waals surface area contributed by atoms with E-state index in [0.717, 1.165) is 45.3 Å². The van der Waals surface area contributed by atoms with Crippen LogP contribution in [0.5, 0.6) is 0 Å². The summed E-state index contributed by atoms with van der Waals surface area (Å²) in [6.07, 6.45) is 9.59. The number of carbonyl (C=O) groups excluding carboxylic acids is 1. The molecule has 116 valence electrons. The lowest BCUT2D eigenvalue weighted by atomic mass is 9.98. The van der Waals surface area contributed by atoms with Gasteiger partial charge in [-0.3, -0.25) is 4.79 Å². The molecule has 1 aromatic rings. The van der Waals surface area contributed by atoms with E-state index < -0.39 is 0 Å². The van der Waals surface area contributed by atoms with Gasteiger partial charge in [0.2, 0.25) is 5.91 Å². The number of hydrogen-bond acceptors (Lipinski definition) is 2. The summed E-state index contributed by atoms with van der Waals surface area (Å²) in [6, 6.07) is 4.48. The molecule has 0 saturated carbocycles. The molecule has 2 fully saturated rings. The number of rotatable bonds is 4. The Labute approximate surface area is 127 Å². The van der Waals surface area contributed by atoms with Crippen LogP contribution >= 0.6 is 0 Å². The van der Waals surface area contributed by atoms with Crippen molar-refractivity contribution in [1.82, 2.24) is 9.47 Å². The van der Waals surface area contributed by atoms with Crippen LogP contribution in [0.4, 0.5) is 0 Å². The van der Waals surface area contributed by atoms with E-state index in [2.05, 4.69) is 34.8 Å². The normalized spacial score (nSPS) is 26.2. The van der Waals surface area contributed by atoms with Gasteiger partial charge in [0.1, 0.15) is 0 Å². The Bertz CT molecular complexity index is 477. The molecular formula is C17H26N2O2. The first-order valence-electron chi connectivity index (χ1n) is 8.28. The fraction of sp³-hybridized carbons (Fsp3) is 0.706. The highest BCUT2D eigenvalue weighted by atomic mass is 16.5. The van der Waals surface area contributed by atoms with Gasteiger partial charge in [0.25, 0.3) is 0 Å². The van der Waals surface area contributed by atoms with Gasteiger partial charge in [-0.05, 0) is 50.7 Å². The number of nitrogens with zero attached hydrogens (tertiary/aromatic N) is 2. The molecule has 2 aliphatic rings. The van der Waals surface area contributed by atoms with Crippen molar-refractivity contribution in [2.24, 2.45) is 7.05 Å². The SMILES string of the molecule is Cn1cccc1[C@H]1CCCCN1C(=O)CC[C@@H]1CCCO1. The van der Waals surface area contributed by atoms with Crippen molar-refractivity contribution in [2.75, 3.05) is 13.2 Å². The van der Waals surface area contributed by atoms with E-state index in [-0.39, 0.29) is 6.04 Å². The van der Waals surface area contributed by atoms with Gasteiger partial charge in [0.05, 0.1) is 12.1 Å². The smallest absolute Gasteiger partial charge is 0.223 e. The van der Waals surface area contributed by atoms with E-state index in [9.17, 15) is 4.79 Å². The van der Waals surface area contributed by atoms with Crippen molar-refractivity contribution in [1.29, 1.82) is 0 Å². The van der Waals surface area contributed by atoms with Crippen molar-refractivity contribution in [3.63, 3.8) is 0 Å². The monoisotopic (exact) mass is 290 g/mol. The quantitative estimate of drug-likeness (QED) is 0.854. The number of likely N-dealkylation sites (tertiary alicyclic amines) is 1. The lowest BCUT2D eigenvalue weighted by Gasteiger charge is -2.36. The maximum Gasteiger partial charge on any atom is 0.223 e. The zero-order valence-corrected chi connectivity index (χ0v) is 13.0. The summed E-state index contributed by atoms with van der Waals surface area (Å²) in [6.45, 7) is 1.77. The first kappa shape index (κ1) is 14.6. The van der Waals surface area contributed by atoms with E-state index in [1.54, 1.807) is 0 Å². The molecule has 4 nitrogen and oxygen atoms in total. The van der Waals surface area contributed by atoms with Crippen molar-refractivity contribution >= 4 is 5.91 Å². The topological polar surface area (TPSA) is 34.5 Å². The Morgan fingerprint density at radius 3 is 2.95 bits per heavy atom. The molecule has 21 heavy (non-hydrogen) atoms. The summed E-state index contributed by atoms with van der Waals surface area (Å²) in [5.41, 5.74) is 1.26. The minimum Gasteiger partial charge on any atom is -0.378 e. The Morgan fingerprint density at radius 1 is 1.33 bits per heavy atom. The Kier molecular flexibility index (Phi) is 4.63. The molecule has 3 rings (SSSR count). The van der Waals surface area contributed by atoms with Crippen LogP contribution in [0.3, 0.4) is 0 Å². The number of aryl methyl sites for hydroxylation is 1. The maximum atomic E-state index is 12.6. The first-order chi connectivity index (χ1) is 10.3. The Morgan fingerprint density at radius 2 is 2.24 bits per heavy atom. The van der Waals surface area contributed by atoms with Gasteiger partial charge in [-0.2, -0.15) is 0 Å². The van der Waals surface area contributed by atoms with Crippen LogP contribution in [0.2, 0.25) is 0 Å². The van der Waals surface area contributed by atoms with Crippen molar-refractivity contribution < 1.29 is 9.53 Å². The molecule has 1 amide bonds. The molecule has 0 spiro atoms. The zero-order chi connectivity index (χ0) is 14.7. The molecule has 1 aromatic heterocycles. The highest BCUT2D eigenvalue weighted by Gasteiger charge is 2.29. The van der Waals surface area contributed by atoms with Gasteiger partial charge in [-0.15, -0.1) is 0 Å². The van der Waals surface area contributed by atoms with Crippen LogP contribution in [0.1, 0.15) is 56.7 Å². The predicted molar refractivity (Wildman–Crippen MR) is 81.9 cm³/mol. The highest BCUT2D eigenvalue weighted by molar-refractivity contribution is 5.76. The summed E-state index contributed by atoms with van der Waals surface area (Å²) in [4.78, 5) is 14.7. The lowest BCUT2D eigenvalue weighted by Crippen LogP contribution is -2.39. The fourth-order valence-electron chi connectivity index (χ4n) is 3.66. The second-order valence-electron chi connectivity index (χ2n) is 6.32. The number of hydrogen-bond donors (Lipinski definition) is 0. The van der Waals surface area contributed by atoms with Crippen molar-refractivity contribution in [3.8, 4) is 0 Å². The Hall–Kier alpha value is -1.29. The molecule has 0 radical (unpaired) electrons. The van der Waals surface area contributed by atoms with Gasteiger partial charge in [0.15, 0.2) is 0 Å². The third kappa shape index (κ3) is 3.31. The second-order valence-corrected chi connectivity index (χ2v) is 6.32. The van der Waals surface area contributed by atoms with Gasteiger partial charge in [-0.25, -0.2) is 0 Å². The van der Waals surface area contributed by atoms with E-state index in [1.165, 1.54) is 12.1 Å². The summed E-state index contributed by atoms with van der Waals surface area (Å²) < 4.78 is 7.78. The molecule has 2 aliphatic heterocycles. The molecule has 3 heterocycles. The van der Waals surface area contributed by atoms with Crippen molar-refractivity contribution in [2.45, 2.75) is 57.1 Å². The average molecular weight is 290 g/mol. The summed E-state index contributed by atoms with van der Waals surface area (Å²) in [7, 11) is 2.07. The average Bonchev–Trinajstić information content (AvgIpc) is 3.16. The van der Waals surface area contributed by atoms with Crippen LogP contribution in [-0.4, -0.2) is 34.6 Å². The van der Waals surface area contributed by atoms with E-state index in [4.69, 9.17) is 4.74 Å². The molecule has 0 aromatic carbocycles. The standard InChI is InChI=1S/C17H26N2O2/c1-18-11-4-8-15(18)16-7-2-3-12-19(16)17(20)10-9-14-6-5-13-21-14/h4,8,11,14,16H,2-3,5-7,9-10,12-13H2,1H3/t14-,16+/m0/s1. The van der Waals surface area contributed by atoms with Crippen LogP contribution < -0.4 is 0 Å². The largest absolute Gasteiger partial charge is 0.378 e. The fourth-order valence-corrected chi connectivity index (χ4v) is 3.66. The van der Waals surface area contributed by atoms with Gasteiger partial charge in [-0.1, -0.05) is 0 Å². The molecular weight excluding hydrogens is 264 g/mol. The summed E-state index contributed by atoms with van der Waals surface area (Å²) in [5, 5.41) is 0. The lowest BCUT2D eigenvalue weighted by molar-refractivity contribution is -0.135. The summed E-state index contributed by atoms with van der Waals surface area (Å²) >= 11 is 0. The highest BCUT2D eigenvalue weighted by Crippen LogP contribution is 2.32.